The summed E-state index contributed by atoms with van der Waals surface area (Å²) in [5.41, 5.74) is -1.19. The summed E-state index contributed by atoms with van der Waals surface area (Å²) in [6.07, 6.45) is 6.40. The van der Waals surface area contributed by atoms with Crippen LogP contribution in [0.15, 0.2) is 36.5 Å². The van der Waals surface area contributed by atoms with Crippen molar-refractivity contribution in [3.05, 3.63) is 36.5 Å². The molecule has 1 fully saturated rings. The lowest BCUT2D eigenvalue weighted by Gasteiger charge is -2.35. The summed E-state index contributed by atoms with van der Waals surface area (Å²) in [6.45, 7) is 12.8. The molecule has 2 aliphatic carbocycles. The fourth-order valence-corrected chi connectivity index (χ4v) is 3.97. The smallest absolute Gasteiger partial charge is 0.323 e. The van der Waals surface area contributed by atoms with Gasteiger partial charge in [-0.2, -0.15) is 0 Å². The fourth-order valence-electron chi connectivity index (χ4n) is 3.97. The average Bonchev–Trinajstić information content (AvgIpc) is 2.87. The number of ketones is 1. The Hall–Kier alpha value is -2.17. The highest BCUT2D eigenvalue weighted by molar-refractivity contribution is 6.03. The lowest BCUT2D eigenvalue weighted by Crippen LogP contribution is -2.43. The molecule has 26 heavy (non-hydrogen) atoms. The van der Waals surface area contributed by atoms with Gasteiger partial charge in [-0.1, -0.05) is 17.7 Å². The molecule has 0 heterocycles. The number of carbonyl (C=O) groups excluding carboxylic acids is 3. The fraction of sp³-hybridized carbons (Fsp3) is 0.571. The van der Waals surface area contributed by atoms with Crippen LogP contribution in [0.1, 0.15) is 47.5 Å². The Morgan fingerprint density at radius 2 is 1.73 bits per heavy atom. The first-order valence-corrected chi connectivity index (χ1v) is 9.04. The molecule has 0 radical (unpaired) electrons. The molecule has 1 saturated carbocycles. The molecule has 0 bridgehead atoms. The molecule has 2 rings (SSSR count). The van der Waals surface area contributed by atoms with E-state index in [2.05, 4.69) is 6.58 Å². The van der Waals surface area contributed by atoms with E-state index in [1.807, 2.05) is 13.0 Å². The topological polar surface area (TPSA) is 69.7 Å². The summed E-state index contributed by atoms with van der Waals surface area (Å²) in [7, 11) is 0. The second-order valence-electron chi connectivity index (χ2n) is 7.82. The Balaban J connectivity index is 2.53. The Bertz CT molecular complexity index is 661. The zero-order valence-corrected chi connectivity index (χ0v) is 16.2. The molecular weight excluding hydrogens is 332 g/mol. The zero-order valence-electron chi connectivity index (χ0n) is 16.2. The van der Waals surface area contributed by atoms with E-state index < -0.39 is 22.8 Å². The second kappa shape index (κ2) is 7.22. The maximum absolute atomic E-state index is 13.0. The van der Waals surface area contributed by atoms with Gasteiger partial charge in [-0.15, -0.1) is 6.58 Å². The summed E-state index contributed by atoms with van der Waals surface area (Å²) >= 11 is 0. The van der Waals surface area contributed by atoms with Crippen molar-refractivity contribution in [3.8, 4) is 0 Å². The standard InChI is InChI=1S/C21H28O5/c1-7-16-11-21(18(23)25-13(2)3,19(24)26-14(4)5)12-20(16)9-8-17(22)10-15(20)6/h7-10,13-14,16H,1,11-12H2,2-6H3/t16-,20+/m1/s1. The number of carbonyl (C=O) groups is 3. The van der Waals surface area contributed by atoms with E-state index in [1.165, 1.54) is 6.08 Å². The highest BCUT2D eigenvalue weighted by Crippen LogP contribution is 2.60. The van der Waals surface area contributed by atoms with Gasteiger partial charge in [-0.05, 0) is 65.5 Å². The van der Waals surface area contributed by atoms with Gasteiger partial charge in [-0.3, -0.25) is 14.4 Å². The van der Waals surface area contributed by atoms with E-state index in [0.29, 0.717) is 0 Å². The van der Waals surface area contributed by atoms with Gasteiger partial charge in [0.2, 0.25) is 0 Å². The van der Waals surface area contributed by atoms with Crippen molar-refractivity contribution in [2.75, 3.05) is 0 Å². The van der Waals surface area contributed by atoms with Gasteiger partial charge in [0.1, 0.15) is 0 Å². The van der Waals surface area contributed by atoms with E-state index in [-0.39, 0.29) is 36.8 Å². The third-order valence-electron chi connectivity index (χ3n) is 5.21. The maximum atomic E-state index is 13.0. The van der Waals surface area contributed by atoms with Crippen molar-refractivity contribution in [2.24, 2.45) is 16.7 Å². The van der Waals surface area contributed by atoms with Gasteiger partial charge in [0.15, 0.2) is 11.2 Å². The summed E-state index contributed by atoms with van der Waals surface area (Å²) in [5, 5.41) is 0. The van der Waals surface area contributed by atoms with Gasteiger partial charge in [-0.25, -0.2) is 0 Å². The van der Waals surface area contributed by atoms with Gasteiger partial charge in [0.05, 0.1) is 12.2 Å². The summed E-state index contributed by atoms with van der Waals surface area (Å²) in [5.74, 6) is -1.41. The van der Waals surface area contributed by atoms with Gasteiger partial charge in [0, 0.05) is 5.41 Å². The van der Waals surface area contributed by atoms with Crippen LogP contribution in [0.25, 0.3) is 0 Å². The Morgan fingerprint density at radius 1 is 1.19 bits per heavy atom. The molecule has 0 aliphatic heterocycles. The number of rotatable bonds is 5. The Morgan fingerprint density at radius 3 is 2.15 bits per heavy atom. The van der Waals surface area contributed by atoms with Crippen molar-refractivity contribution in [2.45, 2.75) is 59.7 Å². The largest absolute Gasteiger partial charge is 0.462 e. The minimum absolute atomic E-state index is 0.0945. The number of esters is 2. The first-order valence-electron chi connectivity index (χ1n) is 9.04. The molecule has 0 aromatic rings. The van der Waals surface area contributed by atoms with Crippen LogP contribution < -0.4 is 0 Å². The summed E-state index contributed by atoms with van der Waals surface area (Å²) in [4.78, 5) is 37.7. The van der Waals surface area contributed by atoms with Gasteiger partial charge < -0.3 is 9.47 Å². The zero-order chi connectivity index (χ0) is 19.7. The van der Waals surface area contributed by atoms with E-state index in [9.17, 15) is 14.4 Å². The van der Waals surface area contributed by atoms with Crippen molar-refractivity contribution in [1.29, 1.82) is 0 Å². The quantitative estimate of drug-likeness (QED) is 0.426. The molecule has 0 unspecified atom stereocenters. The van der Waals surface area contributed by atoms with Gasteiger partial charge in [0.25, 0.3) is 0 Å². The van der Waals surface area contributed by atoms with Crippen LogP contribution in [-0.4, -0.2) is 29.9 Å². The number of allylic oxidation sites excluding steroid dienone is 5. The number of ether oxygens (including phenoxy) is 2. The predicted octanol–water partition coefficient (Wildman–Crippen LogP) is 3.54. The highest BCUT2D eigenvalue weighted by atomic mass is 16.6. The van der Waals surface area contributed by atoms with E-state index in [0.717, 1.165) is 5.57 Å². The molecule has 0 N–H and O–H groups in total. The Kier molecular flexibility index (Phi) is 5.59. The van der Waals surface area contributed by atoms with Gasteiger partial charge >= 0.3 is 11.9 Å². The summed E-state index contributed by atoms with van der Waals surface area (Å²) in [6, 6.07) is 0. The molecule has 0 aromatic heterocycles. The third kappa shape index (κ3) is 3.39. The second-order valence-corrected chi connectivity index (χ2v) is 7.82. The van der Waals surface area contributed by atoms with Crippen LogP contribution in [0.3, 0.4) is 0 Å². The van der Waals surface area contributed by atoms with Crippen LogP contribution in [0, 0.1) is 16.7 Å². The molecule has 0 saturated heterocycles. The number of hydrogen-bond donors (Lipinski definition) is 0. The highest BCUT2D eigenvalue weighted by Gasteiger charge is 2.63. The molecule has 1 spiro atoms. The van der Waals surface area contributed by atoms with E-state index >= 15 is 0 Å². The molecule has 0 amide bonds. The lowest BCUT2D eigenvalue weighted by molar-refractivity contribution is -0.177. The van der Waals surface area contributed by atoms with E-state index in [1.54, 1.807) is 39.8 Å². The maximum Gasteiger partial charge on any atom is 0.323 e. The minimum Gasteiger partial charge on any atom is -0.462 e. The van der Waals surface area contributed by atoms with Crippen molar-refractivity contribution < 1.29 is 23.9 Å². The van der Waals surface area contributed by atoms with Crippen molar-refractivity contribution in [3.63, 3.8) is 0 Å². The van der Waals surface area contributed by atoms with Crippen molar-refractivity contribution in [1.82, 2.24) is 0 Å². The number of hydrogen-bond acceptors (Lipinski definition) is 5. The van der Waals surface area contributed by atoms with Crippen LogP contribution in [-0.2, 0) is 23.9 Å². The minimum atomic E-state index is -1.41. The predicted molar refractivity (Wildman–Crippen MR) is 98.1 cm³/mol. The summed E-state index contributed by atoms with van der Waals surface area (Å²) < 4.78 is 10.9. The lowest BCUT2D eigenvalue weighted by atomic mass is 9.69. The normalized spacial score (nSPS) is 27.0. The molecule has 142 valence electrons. The molecule has 5 nitrogen and oxygen atoms in total. The monoisotopic (exact) mass is 360 g/mol. The molecule has 2 aliphatic rings. The Labute approximate surface area is 155 Å². The van der Waals surface area contributed by atoms with E-state index in [4.69, 9.17) is 9.47 Å². The third-order valence-corrected chi connectivity index (χ3v) is 5.21. The average molecular weight is 360 g/mol. The first-order chi connectivity index (χ1) is 12.1. The van der Waals surface area contributed by atoms with Crippen LogP contribution in [0.4, 0.5) is 0 Å². The SMILES string of the molecule is C=C[C@@H]1CC(C(=O)OC(C)C)(C(=O)OC(C)C)C[C@]12C=CC(=O)C=C2C. The van der Waals surface area contributed by atoms with Crippen molar-refractivity contribution >= 4 is 17.7 Å². The first kappa shape index (κ1) is 20.1. The molecule has 0 aromatic carbocycles. The van der Waals surface area contributed by atoms with Crippen LogP contribution >= 0.6 is 0 Å². The molecular formula is C21H28O5. The molecule has 5 heteroatoms. The van der Waals surface area contributed by atoms with Crippen LogP contribution in [0.2, 0.25) is 0 Å². The molecule has 2 atom stereocenters. The van der Waals surface area contributed by atoms with Crippen LogP contribution in [0.5, 0.6) is 0 Å².